The second-order valence-electron chi connectivity index (χ2n) is 5.34. The van der Waals surface area contributed by atoms with Crippen molar-refractivity contribution in [1.29, 1.82) is 0 Å². The van der Waals surface area contributed by atoms with E-state index in [1.54, 1.807) is 12.4 Å². The number of fused-ring (bicyclic) bond motifs is 1. The molecule has 0 spiro atoms. The number of H-pyrrole nitrogens is 1. The van der Waals surface area contributed by atoms with Crippen LogP contribution in [0.3, 0.4) is 0 Å². The van der Waals surface area contributed by atoms with Gasteiger partial charge in [0.15, 0.2) is 6.04 Å². The summed E-state index contributed by atoms with van der Waals surface area (Å²) in [5.74, 6) is -0.0471. The van der Waals surface area contributed by atoms with Crippen LogP contribution >= 0.6 is 0 Å². The van der Waals surface area contributed by atoms with E-state index in [9.17, 15) is 4.79 Å². The molecule has 0 unspecified atom stereocenters. The Labute approximate surface area is 140 Å². The highest BCUT2D eigenvalue weighted by molar-refractivity contribution is 5.85. The van der Waals surface area contributed by atoms with Crippen LogP contribution in [-0.2, 0) is 17.8 Å². The molecule has 6 heteroatoms. The number of pyridine rings is 1. The fourth-order valence-electron chi connectivity index (χ4n) is 2.49. The number of rotatable bonds is 5. The lowest BCUT2D eigenvalue weighted by atomic mass is 10.1. The standard InChI is InChI=1S/C17H18N4O.ClH/c18-15(17(22)21-10-12-4-3-7-19-9-12)8-13-11-20-16-6-2-1-5-14(13)16;/h1-7,9,11,15,20H,8,10,18H2,(H,21,22);1H/t15-;/m0./s1. The molecule has 2 aromatic heterocycles. The first-order valence-electron chi connectivity index (χ1n) is 7.29. The fourth-order valence-corrected chi connectivity index (χ4v) is 2.49. The van der Waals surface area contributed by atoms with E-state index >= 15 is 0 Å². The number of aromatic amines is 1. The molecule has 5 N–H and O–H groups in total. The van der Waals surface area contributed by atoms with Crippen molar-refractivity contribution in [3.63, 3.8) is 0 Å². The van der Waals surface area contributed by atoms with Crippen LogP contribution in [0, 0.1) is 0 Å². The van der Waals surface area contributed by atoms with Gasteiger partial charge >= 0.3 is 0 Å². The number of hydrogen-bond donors (Lipinski definition) is 3. The first-order chi connectivity index (χ1) is 10.7. The molecule has 1 atom stereocenters. The van der Waals surface area contributed by atoms with Crippen molar-refractivity contribution in [3.05, 3.63) is 66.1 Å². The summed E-state index contributed by atoms with van der Waals surface area (Å²) in [5, 5.41) is 4.06. The molecule has 0 fully saturated rings. The molecule has 0 saturated heterocycles. The molecule has 0 bridgehead atoms. The topological polar surface area (TPSA) is 85.4 Å². The van der Waals surface area contributed by atoms with Gasteiger partial charge in [0.25, 0.3) is 5.91 Å². The van der Waals surface area contributed by atoms with Gasteiger partial charge in [0, 0.05) is 42.5 Å². The molecule has 5 nitrogen and oxygen atoms in total. The normalized spacial score (nSPS) is 11.7. The Morgan fingerprint density at radius 3 is 2.87 bits per heavy atom. The van der Waals surface area contributed by atoms with E-state index in [0.717, 1.165) is 22.0 Å². The Hall–Kier alpha value is -2.37. The van der Waals surface area contributed by atoms with E-state index in [0.29, 0.717) is 13.0 Å². The minimum Gasteiger partial charge on any atom is -1.00 e. The number of aromatic nitrogens is 2. The third-order valence-corrected chi connectivity index (χ3v) is 3.70. The minimum atomic E-state index is -0.323. The molecule has 3 aromatic rings. The summed E-state index contributed by atoms with van der Waals surface area (Å²) in [5.41, 5.74) is 7.17. The Morgan fingerprint density at radius 1 is 1.26 bits per heavy atom. The van der Waals surface area contributed by atoms with Gasteiger partial charge in [-0.15, -0.1) is 0 Å². The van der Waals surface area contributed by atoms with Crippen LogP contribution in [0.25, 0.3) is 10.9 Å². The minimum absolute atomic E-state index is 0. The third kappa shape index (κ3) is 4.09. The van der Waals surface area contributed by atoms with Crippen LogP contribution < -0.4 is 23.5 Å². The zero-order valence-electron chi connectivity index (χ0n) is 12.6. The molecule has 0 aliphatic carbocycles. The van der Waals surface area contributed by atoms with E-state index in [1.165, 1.54) is 0 Å². The largest absolute Gasteiger partial charge is 1.00 e. The lowest BCUT2D eigenvalue weighted by molar-refractivity contribution is -0.403. The van der Waals surface area contributed by atoms with Crippen molar-refractivity contribution in [2.24, 2.45) is 0 Å². The molecule has 3 rings (SSSR count). The van der Waals surface area contributed by atoms with Crippen molar-refractivity contribution in [3.8, 4) is 0 Å². The number of amides is 1. The third-order valence-electron chi connectivity index (χ3n) is 3.70. The number of quaternary nitrogens is 1. The molecule has 1 aromatic carbocycles. The Kier molecular flexibility index (Phi) is 5.73. The molecule has 0 aliphatic rings. The Balaban J connectivity index is 0.00000192. The first-order valence-corrected chi connectivity index (χ1v) is 7.29. The molecule has 1 amide bonds. The summed E-state index contributed by atoms with van der Waals surface area (Å²) in [6, 6.07) is 11.5. The smallest absolute Gasteiger partial charge is 0.278 e. The first kappa shape index (κ1) is 17.0. The number of carbonyl (C=O) groups excluding carboxylic acids is 1. The number of halogens is 1. The van der Waals surface area contributed by atoms with Crippen molar-refractivity contribution < 1.29 is 22.9 Å². The van der Waals surface area contributed by atoms with Crippen molar-refractivity contribution in [1.82, 2.24) is 15.3 Å². The van der Waals surface area contributed by atoms with Crippen LogP contribution in [0.5, 0.6) is 0 Å². The summed E-state index contributed by atoms with van der Waals surface area (Å²) in [6.07, 6.45) is 6.03. The highest BCUT2D eigenvalue weighted by Crippen LogP contribution is 2.18. The van der Waals surface area contributed by atoms with Gasteiger partial charge in [0.05, 0.1) is 0 Å². The molecular weight excluding hydrogens is 312 g/mol. The number of para-hydroxylation sites is 1. The molecule has 120 valence electrons. The monoisotopic (exact) mass is 330 g/mol. The van der Waals surface area contributed by atoms with E-state index < -0.39 is 0 Å². The Bertz CT molecular complexity index is 772. The van der Waals surface area contributed by atoms with Crippen LogP contribution in [0.1, 0.15) is 11.1 Å². The van der Waals surface area contributed by atoms with Gasteiger partial charge in [0.1, 0.15) is 0 Å². The SMILES string of the molecule is [Cl-].[NH3+][C@@H](Cc1c[nH]c2ccccc12)C(=O)NCc1cccnc1. The number of benzene rings is 1. The number of nitrogens with zero attached hydrogens (tertiary/aromatic N) is 1. The average molecular weight is 331 g/mol. The zero-order chi connectivity index (χ0) is 15.4. The van der Waals surface area contributed by atoms with E-state index in [1.807, 2.05) is 36.5 Å². The van der Waals surface area contributed by atoms with E-state index in [4.69, 9.17) is 0 Å². The van der Waals surface area contributed by atoms with E-state index in [2.05, 4.69) is 27.1 Å². The van der Waals surface area contributed by atoms with Gasteiger partial charge in [-0.1, -0.05) is 24.3 Å². The van der Waals surface area contributed by atoms with Gasteiger partial charge in [-0.2, -0.15) is 0 Å². The second kappa shape index (κ2) is 7.76. The molecule has 0 aliphatic heterocycles. The maximum absolute atomic E-state index is 12.2. The zero-order valence-corrected chi connectivity index (χ0v) is 13.4. The average Bonchev–Trinajstić information content (AvgIpc) is 2.97. The summed E-state index contributed by atoms with van der Waals surface area (Å²) >= 11 is 0. The predicted molar refractivity (Wildman–Crippen MR) is 84.8 cm³/mol. The summed E-state index contributed by atoms with van der Waals surface area (Å²) in [4.78, 5) is 19.4. The lowest BCUT2D eigenvalue weighted by Crippen LogP contribution is -3.00. The fraction of sp³-hybridized carbons (Fsp3) is 0.176. The molecule has 0 radical (unpaired) electrons. The number of nitrogens with one attached hydrogen (secondary N) is 2. The highest BCUT2D eigenvalue weighted by atomic mass is 35.5. The van der Waals surface area contributed by atoms with Crippen LogP contribution in [0.15, 0.2) is 55.0 Å². The quantitative estimate of drug-likeness (QED) is 0.507. The molecule has 23 heavy (non-hydrogen) atoms. The second-order valence-corrected chi connectivity index (χ2v) is 5.34. The van der Waals surface area contributed by atoms with Crippen LogP contribution in [0.2, 0.25) is 0 Å². The summed E-state index contributed by atoms with van der Waals surface area (Å²) in [7, 11) is 0. The maximum Gasteiger partial charge on any atom is 0.278 e. The van der Waals surface area contributed by atoms with Gasteiger partial charge in [-0.05, 0) is 23.3 Å². The lowest BCUT2D eigenvalue weighted by Gasteiger charge is -2.09. The number of hydrogen-bond acceptors (Lipinski definition) is 2. The van der Waals surface area contributed by atoms with Crippen molar-refractivity contribution in [2.45, 2.75) is 19.0 Å². The van der Waals surface area contributed by atoms with Gasteiger partial charge in [0.2, 0.25) is 0 Å². The highest BCUT2D eigenvalue weighted by Gasteiger charge is 2.19. The van der Waals surface area contributed by atoms with Gasteiger partial charge < -0.3 is 28.4 Å². The maximum atomic E-state index is 12.2. The van der Waals surface area contributed by atoms with Crippen LogP contribution in [-0.4, -0.2) is 21.9 Å². The molecule has 0 saturated carbocycles. The number of carbonyl (C=O) groups is 1. The van der Waals surface area contributed by atoms with Crippen molar-refractivity contribution in [2.75, 3.05) is 0 Å². The van der Waals surface area contributed by atoms with E-state index in [-0.39, 0.29) is 24.4 Å². The summed E-state index contributed by atoms with van der Waals surface area (Å²) in [6.45, 7) is 0.479. The Morgan fingerprint density at radius 2 is 2.09 bits per heavy atom. The van der Waals surface area contributed by atoms with Crippen molar-refractivity contribution >= 4 is 16.8 Å². The predicted octanol–water partition coefficient (Wildman–Crippen LogP) is -1.96. The van der Waals surface area contributed by atoms with Gasteiger partial charge in [-0.25, -0.2) is 0 Å². The van der Waals surface area contributed by atoms with Crippen LogP contribution in [0.4, 0.5) is 0 Å². The molecular formula is C17H19ClN4O. The molecule has 2 heterocycles. The summed E-state index contributed by atoms with van der Waals surface area (Å²) < 4.78 is 0. The van der Waals surface area contributed by atoms with Gasteiger partial charge in [-0.3, -0.25) is 9.78 Å².